The summed E-state index contributed by atoms with van der Waals surface area (Å²) >= 11 is 0. The van der Waals surface area contributed by atoms with Gasteiger partial charge < -0.3 is 5.32 Å². The number of nitrogens with one attached hydrogen (secondary N) is 1. The predicted molar refractivity (Wildman–Crippen MR) is 72.8 cm³/mol. The molecule has 1 aliphatic rings. The molecule has 0 amide bonds. The molecule has 0 saturated heterocycles. The molecule has 1 nitrogen and oxygen atoms in total. The Labute approximate surface area is 102 Å². The molecule has 2 atom stereocenters. The lowest BCUT2D eigenvalue weighted by molar-refractivity contribution is 0.280. The third kappa shape index (κ3) is 5.34. The number of hydrogen-bond acceptors (Lipinski definition) is 1. The first kappa shape index (κ1) is 14.0. The van der Waals surface area contributed by atoms with Crippen molar-refractivity contribution in [2.75, 3.05) is 13.6 Å². The van der Waals surface area contributed by atoms with E-state index in [-0.39, 0.29) is 0 Å². The summed E-state index contributed by atoms with van der Waals surface area (Å²) in [4.78, 5) is 0. The highest BCUT2D eigenvalue weighted by atomic mass is 14.8. The average Bonchev–Trinajstić information content (AvgIpc) is 2.51. The van der Waals surface area contributed by atoms with Crippen LogP contribution in [0.25, 0.3) is 0 Å². The summed E-state index contributed by atoms with van der Waals surface area (Å²) in [5.74, 6) is 1.99. The molecule has 0 radical (unpaired) electrons. The Morgan fingerprint density at radius 1 is 0.938 bits per heavy atom. The molecule has 0 aromatic rings. The molecule has 96 valence electrons. The first-order valence-corrected chi connectivity index (χ1v) is 7.53. The molecule has 2 unspecified atom stereocenters. The molecular formula is C15H31N. The highest BCUT2D eigenvalue weighted by Crippen LogP contribution is 2.32. The second-order valence-corrected chi connectivity index (χ2v) is 5.57. The van der Waals surface area contributed by atoms with E-state index in [9.17, 15) is 0 Å². The summed E-state index contributed by atoms with van der Waals surface area (Å²) in [5, 5.41) is 3.40. The van der Waals surface area contributed by atoms with Crippen molar-refractivity contribution in [1.82, 2.24) is 5.32 Å². The van der Waals surface area contributed by atoms with Crippen molar-refractivity contribution < 1.29 is 0 Å². The Hall–Kier alpha value is -0.0400. The Morgan fingerprint density at radius 2 is 1.69 bits per heavy atom. The van der Waals surface area contributed by atoms with Gasteiger partial charge in [-0.2, -0.15) is 0 Å². The lowest BCUT2D eigenvalue weighted by Gasteiger charge is -2.25. The van der Waals surface area contributed by atoms with E-state index < -0.39 is 0 Å². The highest BCUT2D eigenvalue weighted by molar-refractivity contribution is 4.75. The monoisotopic (exact) mass is 225 g/mol. The quantitative estimate of drug-likeness (QED) is 0.501. The van der Waals surface area contributed by atoms with Gasteiger partial charge in [0.1, 0.15) is 0 Å². The Bertz CT molecular complexity index is 156. The molecule has 16 heavy (non-hydrogen) atoms. The minimum Gasteiger partial charge on any atom is -0.319 e. The molecule has 0 aromatic heterocycles. The molecule has 1 aliphatic carbocycles. The van der Waals surface area contributed by atoms with E-state index in [1.807, 2.05) is 0 Å². The maximum Gasteiger partial charge on any atom is -0.00209 e. The van der Waals surface area contributed by atoms with E-state index in [1.54, 1.807) is 0 Å². The molecule has 0 heterocycles. The first-order valence-electron chi connectivity index (χ1n) is 7.53. The summed E-state index contributed by atoms with van der Waals surface area (Å²) in [6.45, 7) is 3.55. The van der Waals surface area contributed by atoms with E-state index >= 15 is 0 Å². The third-order valence-electron chi connectivity index (χ3n) is 4.21. The molecule has 1 fully saturated rings. The summed E-state index contributed by atoms with van der Waals surface area (Å²) in [6.07, 6.45) is 14.6. The van der Waals surface area contributed by atoms with Gasteiger partial charge in [-0.05, 0) is 31.8 Å². The summed E-state index contributed by atoms with van der Waals surface area (Å²) in [5.41, 5.74) is 0. The average molecular weight is 225 g/mol. The molecular weight excluding hydrogens is 194 g/mol. The van der Waals surface area contributed by atoms with E-state index in [1.165, 1.54) is 70.8 Å². The molecule has 1 heteroatoms. The van der Waals surface area contributed by atoms with Crippen LogP contribution in [0.3, 0.4) is 0 Å². The standard InChI is InChI=1S/C15H31N/c1-3-4-5-7-10-14-11-8-6-9-12-15(14)13-16-2/h14-16H,3-13H2,1-2H3. The van der Waals surface area contributed by atoms with Gasteiger partial charge >= 0.3 is 0 Å². The zero-order chi connectivity index (χ0) is 11.6. The molecule has 0 spiro atoms. The van der Waals surface area contributed by atoms with E-state index in [2.05, 4.69) is 19.3 Å². The van der Waals surface area contributed by atoms with Crippen LogP contribution in [0.5, 0.6) is 0 Å². The normalized spacial score (nSPS) is 26.6. The van der Waals surface area contributed by atoms with E-state index in [4.69, 9.17) is 0 Å². The summed E-state index contributed by atoms with van der Waals surface area (Å²) in [7, 11) is 2.11. The van der Waals surface area contributed by atoms with Crippen molar-refractivity contribution in [1.29, 1.82) is 0 Å². The summed E-state index contributed by atoms with van der Waals surface area (Å²) < 4.78 is 0. The van der Waals surface area contributed by atoms with Crippen LogP contribution >= 0.6 is 0 Å². The smallest absolute Gasteiger partial charge is 0.00209 e. The van der Waals surface area contributed by atoms with Crippen LogP contribution in [0.4, 0.5) is 0 Å². The van der Waals surface area contributed by atoms with Gasteiger partial charge in [0.15, 0.2) is 0 Å². The van der Waals surface area contributed by atoms with Crippen molar-refractivity contribution in [3.63, 3.8) is 0 Å². The van der Waals surface area contributed by atoms with Crippen LogP contribution in [0.2, 0.25) is 0 Å². The molecule has 0 aliphatic heterocycles. The van der Waals surface area contributed by atoms with Gasteiger partial charge in [0, 0.05) is 0 Å². The van der Waals surface area contributed by atoms with Gasteiger partial charge in [-0.1, -0.05) is 64.7 Å². The maximum atomic E-state index is 3.40. The van der Waals surface area contributed by atoms with E-state index in [0.29, 0.717) is 0 Å². The minimum atomic E-state index is 0.967. The van der Waals surface area contributed by atoms with Gasteiger partial charge in [0.05, 0.1) is 0 Å². The maximum absolute atomic E-state index is 3.40. The fourth-order valence-corrected chi connectivity index (χ4v) is 3.21. The molecule has 1 N–H and O–H groups in total. The minimum absolute atomic E-state index is 0.967. The lowest BCUT2D eigenvalue weighted by atomic mass is 9.84. The molecule has 0 bridgehead atoms. The second-order valence-electron chi connectivity index (χ2n) is 5.57. The SMILES string of the molecule is CCCCCCC1CCCCCC1CNC. The van der Waals surface area contributed by atoms with Crippen molar-refractivity contribution in [3.05, 3.63) is 0 Å². The zero-order valence-corrected chi connectivity index (χ0v) is 11.4. The van der Waals surface area contributed by atoms with Crippen LogP contribution in [0.15, 0.2) is 0 Å². The second kappa shape index (κ2) is 9.04. The number of unbranched alkanes of at least 4 members (excludes halogenated alkanes) is 3. The zero-order valence-electron chi connectivity index (χ0n) is 11.4. The molecule has 0 aromatic carbocycles. The Kier molecular flexibility index (Phi) is 7.92. The van der Waals surface area contributed by atoms with Gasteiger partial charge in [-0.15, -0.1) is 0 Å². The first-order chi connectivity index (χ1) is 7.88. The van der Waals surface area contributed by atoms with E-state index in [0.717, 1.165) is 11.8 Å². The number of hydrogen-bond donors (Lipinski definition) is 1. The van der Waals surface area contributed by atoms with Crippen molar-refractivity contribution in [2.24, 2.45) is 11.8 Å². The lowest BCUT2D eigenvalue weighted by Crippen LogP contribution is -2.25. The fourth-order valence-electron chi connectivity index (χ4n) is 3.21. The topological polar surface area (TPSA) is 12.0 Å². The van der Waals surface area contributed by atoms with Gasteiger partial charge in [-0.25, -0.2) is 0 Å². The van der Waals surface area contributed by atoms with Crippen LogP contribution in [0, 0.1) is 11.8 Å². The van der Waals surface area contributed by atoms with Crippen LogP contribution in [-0.2, 0) is 0 Å². The fraction of sp³-hybridized carbons (Fsp3) is 1.00. The molecule has 1 saturated carbocycles. The van der Waals surface area contributed by atoms with Crippen molar-refractivity contribution in [3.8, 4) is 0 Å². The largest absolute Gasteiger partial charge is 0.319 e. The Balaban J connectivity index is 2.26. The third-order valence-corrected chi connectivity index (χ3v) is 4.21. The molecule has 1 rings (SSSR count). The predicted octanol–water partition coefficient (Wildman–Crippen LogP) is 4.37. The van der Waals surface area contributed by atoms with Crippen molar-refractivity contribution in [2.45, 2.75) is 71.1 Å². The van der Waals surface area contributed by atoms with Crippen LogP contribution in [0.1, 0.15) is 71.1 Å². The summed E-state index contributed by atoms with van der Waals surface area (Å²) in [6, 6.07) is 0. The van der Waals surface area contributed by atoms with Gasteiger partial charge in [0.2, 0.25) is 0 Å². The van der Waals surface area contributed by atoms with Gasteiger partial charge in [-0.3, -0.25) is 0 Å². The highest BCUT2D eigenvalue weighted by Gasteiger charge is 2.22. The Morgan fingerprint density at radius 3 is 2.38 bits per heavy atom. The van der Waals surface area contributed by atoms with Gasteiger partial charge in [0.25, 0.3) is 0 Å². The van der Waals surface area contributed by atoms with Crippen LogP contribution in [-0.4, -0.2) is 13.6 Å². The number of rotatable bonds is 7. The van der Waals surface area contributed by atoms with Crippen molar-refractivity contribution >= 4 is 0 Å². The van der Waals surface area contributed by atoms with Crippen LogP contribution < -0.4 is 5.32 Å².